The molecule has 2 heterocycles. The number of H-pyrrole nitrogens is 1. The van der Waals surface area contributed by atoms with Crippen LogP contribution in [0.15, 0.2) is 30.6 Å². The largest absolute Gasteiger partial charge is 0.338 e. The van der Waals surface area contributed by atoms with Gasteiger partial charge in [0.2, 0.25) is 5.95 Å². The zero-order valence-corrected chi connectivity index (χ0v) is 11.7. The maximum atomic E-state index is 13.8. The normalized spacial score (nSPS) is 10.6. The van der Waals surface area contributed by atoms with Crippen LogP contribution in [0.5, 0.6) is 0 Å². The van der Waals surface area contributed by atoms with Gasteiger partial charge in [0.15, 0.2) is 5.82 Å². The average molecular weight is 300 g/mol. The summed E-state index contributed by atoms with van der Waals surface area (Å²) in [6.07, 6.45) is 3.15. The van der Waals surface area contributed by atoms with Crippen molar-refractivity contribution < 1.29 is 9.18 Å². The molecule has 0 unspecified atom stereocenters. The van der Waals surface area contributed by atoms with Gasteiger partial charge in [0.25, 0.3) is 0 Å². The van der Waals surface area contributed by atoms with Gasteiger partial charge in [-0.2, -0.15) is 0 Å². The van der Waals surface area contributed by atoms with Crippen LogP contribution in [0.2, 0.25) is 0 Å². The molecule has 0 spiro atoms. The number of aromatic amines is 1. The Labute approximate surface area is 125 Å². The second kappa shape index (κ2) is 5.76. The third kappa shape index (κ3) is 2.71. The van der Waals surface area contributed by atoms with Gasteiger partial charge in [-0.3, -0.25) is 5.32 Å². The van der Waals surface area contributed by atoms with Crippen molar-refractivity contribution in [2.45, 2.75) is 6.92 Å². The predicted molar refractivity (Wildman–Crippen MR) is 79.8 cm³/mol. The Kier molecular flexibility index (Phi) is 3.65. The van der Waals surface area contributed by atoms with Crippen molar-refractivity contribution in [2.75, 3.05) is 11.9 Å². The minimum absolute atomic E-state index is 0.226. The number of carbonyl (C=O) groups excluding carboxylic acids is 1. The monoisotopic (exact) mass is 300 g/mol. The summed E-state index contributed by atoms with van der Waals surface area (Å²) in [5.41, 5.74) is 1.42. The van der Waals surface area contributed by atoms with E-state index in [1.165, 1.54) is 12.1 Å². The lowest BCUT2D eigenvalue weighted by molar-refractivity contribution is 0.252. The first kappa shape index (κ1) is 13.9. The molecule has 2 amide bonds. The molecular formula is C14H13FN6O. The lowest BCUT2D eigenvalue weighted by atomic mass is 10.1. The zero-order chi connectivity index (χ0) is 15.5. The molecule has 0 radical (unpaired) electrons. The third-order valence-corrected chi connectivity index (χ3v) is 2.93. The number of benzene rings is 1. The number of amides is 2. The van der Waals surface area contributed by atoms with E-state index in [9.17, 15) is 9.18 Å². The van der Waals surface area contributed by atoms with Crippen LogP contribution in [0.3, 0.4) is 0 Å². The molecule has 3 N–H and O–H groups in total. The highest BCUT2D eigenvalue weighted by Crippen LogP contribution is 2.26. The number of fused-ring (bicyclic) bond motifs is 1. The Morgan fingerprint density at radius 3 is 2.82 bits per heavy atom. The first-order valence-corrected chi connectivity index (χ1v) is 6.69. The van der Waals surface area contributed by atoms with Gasteiger partial charge in [-0.05, 0) is 19.1 Å². The number of hydrogen-bond donors (Lipinski definition) is 3. The molecule has 0 atom stereocenters. The molecular weight excluding hydrogens is 287 g/mol. The van der Waals surface area contributed by atoms with Gasteiger partial charge >= 0.3 is 6.03 Å². The van der Waals surface area contributed by atoms with Gasteiger partial charge < -0.3 is 10.3 Å². The fourth-order valence-electron chi connectivity index (χ4n) is 2.06. The molecule has 0 aliphatic heterocycles. The number of hydrogen-bond acceptors (Lipinski definition) is 4. The molecule has 0 saturated carbocycles. The topological polar surface area (TPSA) is 95.6 Å². The number of imidazole rings is 1. The summed E-state index contributed by atoms with van der Waals surface area (Å²) in [4.78, 5) is 26.9. The molecule has 0 aliphatic rings. The number of carbonyl (C=O) groups is 1. The predicted octanol–water partition coefficient (Wildman–Crippen LogP) is 2.30. The van der Waals surface area contributed by atoms with Crippen molar-refractivity contribution in [2.24, 2.45) is 0 Å². The summed E-state index contributed by atoms with van der Waals surface area (Å²) >= 11 is 0. The van der Waals surface area contributed by atoms with Gasteiger partial charge in [-0.1, -0.05) is 0 Å². The van der Waals surface area contributed by atoms with Crippen molar-refractivity contribution in [3.05, 3.63) is 36.4 Å². The molecule has 7 nitrogen and oxygen atoms in total. The molecule has 0 bridgehead atoms. The Bertz CT molecular complexity index is 817. The minimum Gasteiger partial charge on any atom is -0.338 e. The summed E-state index contributed by atoms with van der Waals surface area (Å²) in [7, 11) is 0. The van der Waals surface area contributed by atoms with Crippen molar-refractivity contribution >= 4 is 23.0 Å². The van der Waals surface area contributed by atoms with E-state index in [2.05, 4.69) is 30.6 Å². The van der Waals surface area contributed by atoms with E-state index < -0.39 is 5.82 Å². The lowest BCUT2D eigenvalue weighted by Crippen LogP contribution is -2.28. The van der Waals surface area contributed by atoms with Crippen LogP contribution in [0.25, 0.3) is 22.4 Å². The van der Waals surface area contributed by atoms with Crippen LogP contribution < -0.4 is 10.6 Å². The van der Waals surface area contributed by atoms with Crippen molar-refractivity contribution in [1.82, 2.24) is 25.3 Å². The smallest absolute Gasteiger partial charge is 0.321 e. The summed E-state index contributed by atoms with van der Waals surface area (Å²) < 4.78 is 13.8. The fraction of sp³-hybridized carbons (Fsp3) is 0.143. The first-order valence-electron chi connectivity index (χ1n) is 6.69. The average Bonchev–Trinajstić information content (AvgIpc) is 2.89. The molecule has 2 aromatic heterocycles. The van der Waals surface area contributed by atoms with Crippen LogP contribution in [0.4, 0.5) is 15.1 Å². The Morgan fingerprint density at radius 1 is 1.32 bits per heavy atom. The van der Waals surface area contributed by atoms with Gasteiger partial charge in [-0.25, -0.2) is 24.1 Å². The maximum Gasteiger partial charge on any atom is 0.321 e. The number of urea groups is 1. The second-order valence-electron chi connectivity index (χ2n) is 4.49. The van der Waals surface area contributed by atoms with Gasteiger partial charge in [0.05, 0.1) is 11.0 Å². The van der Waals surface area contributed by atoms with Gasteiger partial charge in [0.1, 0.15) is 5.82 Å². The van der Waals surface area contributed by atoms with Crippen LogP contribution in [-0.2, 0) is 0 Å². The molecule has 22 heavy (non-hydrogen) atoms. The summed E-state index contributed by atoms with van der Waals surface area (Å²) in [6.45, 7) is 2.29. The molecule has 0 aliphatic carbocycles. The van der Waals surface area contributed by atoms with E-state index >= 15 is 0 Å². The number of nitrogens with zero attached hydrogens (tertiary/aromatic N) is 3. The van der Waals surface area contributed by atoms with Crippen LogP contribution >= 0.6 is 0 Å². The van der Waals surface area contributed by atoms with Crippen LogP contribution in [0.1, 0.15) is 6.92 Å². The van der Waals surface area contributed by atoms with Crippen molar-refractivity contribution in [1.29, 1.82) is 0 Å². The van der Waals surface area contributed by atoms with Crippen LogP contribution in [-0.4, -0.2) is 32.5 Å². The summed E-state index contributed by atoms with van der Waals surface area (Å²) in [5.74, 6) is 0.148. The minimum atomic E-state index is -0.453. The number of anilines is 1. The molecule has 3 rings (SSSR count). The van der Waals surface area contributed by atoms with E-state index in [1.54, 1.807) is 25.4 Å². The summed E-state index contributed by atoms with van der Waals surface area (Å²) in [5, 5.41) is 5.14. The van der Waals surface area contributed by atoms with Gasteiger partial charge in [0, 0.05) is 30.6 Å². The summed E-state index contributed by atoms with van der Waals surface area (Å²) in [6, 6.07) is 3.89. The van der Waals surface area contributed by atoms with Crippen molar-refractivity contribution in [3.63, 3.8) is 0 Å². The fourth-order valence-corrected chi connectivity index (χ4v) is 2.06. The Morgan fingerprint density at radius 2 is 2.09 bits per heavy atom. The first-order chi connectivity index (χ1) is 10.7. The number of halogens is 1. The van der Waals surface area contributed by atoms with E-state index in [0.29, 0.717) is 29.0 Å². The molecule has 1 aromatic carbocycles. The van der Waals surface area contributed by atoms with Crippen molar-refractivity contribution in [3.8, 4) is 11.4 Å². The molecule has 0 saturated heterocycles. The van der Waals surface area contributed by atoms with Gasteiger partial charge in [-0.15, -0.1) is 0 Å². The van der Waals surface area contributed by atoms with E-state index in [1.807, 2.05) is 0 Å². The van der Waals surface area contributed by atoms with E-state index in [-0.39, 0.29) is 12.0 Å². The molecule has 8 heteroatoms. The second-order valence-corrected chi connectivity index (χ2v) is 4.49. The quantitative estimate of drug-likeness (QED) is 0.691. The maximum absolute atomic E-state index is 13.8. The molecule has 112 valence electrons. The highest BCUT2D eigenvalue weighted by Gasteiger charge is 2.14. The number of rotatable bonds is 3. The Hall–Kier alpha value is -3.03. The number of nitrogens with one attached hydrogen (secondary N) is 3. The standard InChI is InChI=1S/C14H13FN6O/c1-2-16-14(22)21-13-19-10-7-8(15)6-9(11(10)20-13)12-17-4-3-5-18-12/h3-7H,2H2,1H3,(H3,16,19,20,21,22). The lowest BCUT2D eigenvalue weighted by Gasteiger charge is -2.02. The molecule has 3 aromatic rings. The highest BCUT2D eigenvalue weighted by atomic mass is 19.1. The van der Waals surface area contributed by atoms with Crippen LogP contribution in [0, 0.1) is 5.82 Å². The zero-order valence-electron chi connectivity index (χ0n) is 11.7. The highest BCUT2D eigenvalue weighted by molar-refractivity contribution is 5.94. The SMILES string of the molecule is CCNC(=O)Nc1nc2cc(F)cc(-c3ncccn3)c2[nH]1. The van der Waals surface area contributed by atoms with E-state index in [4.69, 9.17) is 0 Å². The molecule has 0 fully saturated rings. The Balaban J connectivity index is 2.06. The number of aromatic nitrogens is 4. The third-order valence-electron chi connectivity index (χ3n) is 2.93. The van der Waals surface area contributed by atoms with E-state index in [0.717, 1.165) is 0 Å².